The van der Waals surface area contributed by atoms with Crippen LogP contribution in [-0.4, -0.2) is 38.2 Å². The van der Waals surface area contributed by atoms with Gasteiger partial charge in [-0.1, -0.05) is 382 Å². The van der Waals surface area contributed by atoms with Gasteiger partial charge in [0.2, 0.25) is 5.95 Å². The summed E-state index contributed by atoms with van der Waals surface area (Å²) in [5.41, 5.74) is 40.4. The Morgan fingerprint density at radius 2 is 0.563 bits per heavy atom. The van der Waals surface area contributed by atoms with E-state index in [2.05, 4.69) is 498 Å². The number of fused-ring (bicyclic) bond motifs is 19. The minimum atomic E-state index is 0.667. The van der Waals surface area contributed by atoms with Crippen LogP contribution in [0.25, 0.3) is 255 Å². The normalized spacial score (nSPS) is 11.8. The largest absolute Gasteiger partial charge is 0.455 e. The molecule has 20 aromatic carbocycles. The first-order valence-corrected chi connectivity index (χ1v) is 48.4. The minimum Gasteiger partial charge on any atom is -0.455 e. The number of benzene rings is 20. The third-order valence-corrected chi connectivity index (χ3v) is 28.3. The van der Waals surface area contributed by atoms with Gasteiger partial charge in [-0.2, -0.15) is 0 Å². The minimum absolute atomic E-state index is 0.667. The maximum absolute atomic E-state index is 6.46. The first-order chi connectivity index (χ1) is 70.4. The molecular formula is C133H86N8O. The molecule has 0 N–H and O–H groups in total. The standard InChI is InChI=1S/C48H32N2.C47H30N2O.C38H24N4/c1-3-13-32(14-4-1)37-30-45(33-15-5-2-6-16-33)49-46(31-37)36-18-11-19-38(27-36)50-47-24-10-9-21-42(47)44-29-35(25-26-48(44)50)40-22-12-23-41-39-20-8-7-17-34(39)28-43(40)41;1-3-13-31(14-4-1)35-28-42(32-15-5-2-6-16-32)48-43(29-35)34-17-11-18-36(27-34)49-44-23-9-7-19-38(44)39-26-25-33(30-45(39)49)37-21-12-22-41-40-20-8-10-24-46(40)50-47(37)41;1-3-13-25(14-4-1)37-29-19-7-10-20-32(29)39-38(40-37)42-34-22-12-9-18-28(34)31-23-30-27-17-8-11-21-33(27)41(35(30)24-36(31)42)26-15-5-2-6-16-26/h1-27,29-31H,28H2;1-30H;1-24H. The molecule has 142 heavy (non-hydrogen) atoms. The van der Waals surface area contributed by atoms with Crippen molar-refractivity contribution in [1.29, 1.82) is 0 Å². The van der Waals surface area contributed by atoms with Crippen molar-refractivity contribution in [2.24, 2.45) is 0 Å². The van der Waals surface area contributed by atoms with Crippen LogP contribution in [0, 0.1) is 0 Å². The van der Waals surface area contributed by atoms with E-state index in [0.29, 0.717) is 5.95 Å². The number of hydrogen-bond donors (Lipinski definition) is 0. The van der Waals surface area contributed by atoms with Crippen LogP contribution in [0.5, 0.6) is 0 Å². The van der Waals surface area contributed by atoms with Crippen molar-refractivity contribution in [1.82, 2.24) is 38.2 Å². The first kappa shape index (κ1) is 82.5. The van der Waals surface area contributed by atoms with Crippen molar-refractivity contribution in [3.8, 4) is 135 Å². The molecule has 0 atom stereocenters. The van der Waals surface area contributed by atoms with E-state index in [4.69, 9.17) is 24.4 Å². The zero-order chi connectivity index (χ0) is 93.7. The highest BCUT2D eigenvalue weighted by Gasteiger charge is 2.27. The van der Waals surface area contributed by atoms with E-state index in [1.54, 1.807) is 0 Å². The van der Waals surface area contributed by atoms with Crippen molar-refractivity contribution in [2.75, 3.05) is 0 Å². The lowest BCUT2D eigenvalue weighted by molar-refractivity contribution is 0.670. The van der Waals surface area contributed by atoms with Gasteiger partial charge in [0.25, 0.3) is 0 Å². The van der Waals surface area contributed by atoms with Gasteiger partial charge in [0, 0.05) is 110 Å². The second-order valence-electron chi connectivity index (χ2n) is 36.6. The molecule has 0 unspecified atom stereocenters. The Morgan fingerprint density at radius 3 is 1.16 bits per heavy atom. The molecule has 0 amide bonds. The van der Waals surface area contributed by atoms with Gasteiger partial charge in [0.05, 0.1) is 78.1 Å². The lowest BCUT2D eigenvalue weighted by Crippen LogP contribution is -2.03. The van der Waals surface area contributed by atoms with E-state index in [0.717, 1.165) is 162 Å². The summed E-state index contributed by atoms with van der Waals surface area (Å²) >= 11 is 0. The smallest absolute Gasteiger partial charge is 0.235 e. The lowest BCUT2D eigenvalue weighted by atomic mass is 9.94. The topological polar surface area (TPSA) is 84.4 Å². The molecule has 0 saturated carbocycles. The Hall–Kier alpha value is -19.0. The number of nitrogens with zero attached hydrogens (tertiary/aromatic N) is 8. The molecule has 0 saturated heterocycles. The summed E-state index contributed by atoms with van der Waals surface area (Å²) in [6.45, 7) is 0. The van der Waals surface area contributed by atoms with E-state index in [-0.39, 0.29) is 0 Å². The molecule has 0 fully saturated rings. The van der Waals surface area contributed by atoms with E-state index in [9.17, 15) is 0 Å². The van der Waals surface area contributed by atoms with Crippen LogP contribution in [0.1, 0.15) is 11.1 Å². The molecule has 8 aromatic heterocycles. The molecule has 1 aliphatic rings. The molecule has 9 nitrogen and oxygen atoms in total. The Balaban J connectivity index is 0.000000107. The van der Waals surface area contributed by atoms with E-state index in [1.165, 1.54) is 104 Å². The fraction of sp³-hybridized carbons (Fsp3) is 0.00752. The quantitative estimate of drug-likeness (QED) is 0.115. The van der Waals surface area contributed by atoms with Gasteiger partial charge in [-0.25, -0.2) is 19.9 Å². The lowest BCUT2D eigenvalue weighted by Gasteiger charge is -2.13. The van der Waals surface area contributed by atoms with Crippen LogP contribution >= 0.6 is 0 Å². The Kier molecular flexibility index (Phi) is 20.2. The average molecular weight is 1810 g/mol. The Bertz CT molecular complexity index is 9710. The van der Waals surface area contributed by atoms with Crippen molar-refractivity contribution >= 4 is 120 Å². The average Bonchev–Trinajstić information content (AvgIpc) is 1.56. The summed E-state index contributed by atoms with van der Waals surface area (Å²) in [5.74, 6) is 0.667. The van der Waals surface area contributed by atoms with Gasteiger partial charge in [-0.15, -0.1) is 0 Å². The fourth-order valence-corrected chi connectivity index (χ4v) is 21.8. The summed E-state index contributed by atoms with van der Waals surface area (Å²) in [4.78, 5) is 20.9. The molecular weight excluding hydrogens is 1730 g/mol. The van der Waals surface area contributed by atoms with Gasteiger partial charge in [-0.05, 0) is 195 Å². The van der Waals surface area contributed by atoms with E-state index >= 15 is 0 Å². The number of aromatic nitrogens is 8. The number of hydrogen-bond acceptors (Lipinski definition) is 5. The summed E-state index contributed by atoms with van der Waals surface area (Å²) in [6.07, 6.45) is 0.972. The van der Waals surface area contributed by atoms with E-state index < -0.39 is 0 Å². The molecule has 0 aliphatic heterocycles. The predicted molar refractivity (Wildman–Crippen MR) is 590 cm³/mol. The predicted octanol–water partition coefficient (Wildman–Crippen LogP) is 34.7. The maximum atomic E-state index is 6.46. The second kappa shape index (κ2) is 34.7. The zero-order valence-corrected chi connectivity index (χ0v) is 77.2. The van der Waals surface area contributed by atoms with Crippen LogP contribution in [0.15, 0.2) is 514 Å². The van der Waals surface area contributed by atoms with Crippen LogP contribution in [0.4, 0.5) is 0 Å². The molecule has 29 rings (SSSR count). The Morgan fingerprint density at radius 1 is 0.183 bits per heavy atom. The summed E-state index contributed by atoms with van der Waals surface area (Å²) < 4.78 is 15.8. The van der Waals surface area contributed by atoms with Crippen LogP contribution in [0.3, 0.4) is 0 Å². The summed E-state index contributed by atoms with van der Waals surface area (Å²) in [5, 5.41) is 13.1. The molecule has 0 radical (unpaired) electrons. The maximum Gasteiger partial charge on any atom is 0.235 e. The number of para-hydroxylation sites is 8. The van der Waals surface area contributed by atoms with Gasteiger partial charge in [0.15, 0.2) is 0 Å². The number of furan rings is 1. The second-order valence-corrected chi connectivity index (χ2v) is 36.6. The SMILES string of the molecule is c1ccc(-c2cc(-c3ccccc3)nc(-c3cccc(-n4c5ccccc5c5cc(-c6cccc7c6Cc6ccccc6-7)ccc54)c3)c2)cc1.c1ccc(-c2cc(-c3ccccc3)nc(-c3cccc(-n4c5ccccc5c5ccc(-c6cccc7c6oc6ccccc67)cc54)c3)c2)cc1.c1ccc(-c2nc(-n3c4ccccc4c4cc5c6ccccc6n(-c6ccccc6)c5cc43)nc3ccccc23)cc1. The number of rotatable bonds is 13. The third-order valence-electron chi connectivity index (χ3n) is 28.3. The molecule has 1 aliphatic carbocycles. The zero-order valence-electron chi connectivity index (χ0n) is 77.2. The van der Waals surface area contributed by atoms with Crippen LogP contribution < -0.4 is 0 Å². The number of pyridine rings is 2. The van der Waals surface area contributed by atoms with Gasteiger partial charge >= 0.3 is 0 Å². The molecule has 0 bridgehead atoms. The highest BCUT2D eigenvalue weighted by Crippen LogP contribution is 2.48. The molecule has 0 spiro atoms. The Labute approximate surface area is 819 Å². The summed E-state index contributed by atoms with van der Waals surface area (Å²) in [7, 11) is 0. The fourth-order valence-electron chi connectivity index (χ4n) is 21.8. The van der Waals surface area contributed by atoms with E-state index in [1.807, 2.05) is 30.3 Å². The molecule has 28 aromatic rings. The first-order valence-electron chi connectivity index (χ1n) is 48.4. The van der Waals surface area contributed by atoms with Gasteiger partial charge in [-0.3, -0.25) is 4.57 Å². The van der Waals surface area contributed by atoms with Gasteiger partial charge < -0.3 is 18.1 Å². The van der Waals surface area contributed by atoms with Crippen molar-refractivity contribution in [3.05, 3.63) is 521 Å². The van der Waals surface area contributed by atoms with Crippen molar-refractivity contribution in [3.63, 3.8) is 0 Å². The molecule has 8 heterocycles. The molecule has 664 valence electrons. The van der Waals surface area contributed by atoms with Crippen molar-refractivity contribution < 1.29 is 4.42 Å². The molecule has 9 heteroatoms. The van der Waals surface area contributed by atoms with Gasteiger partial charge in [0.1, 0.15) is 11.2 Å². The monoisotopic (exact) mass is 1810 g/mol. The third kappa shape index (κ3) is 14.4. The highest BCUT2D eigenvalue weighted by molar-refractivity contribution is 6.20. The summed E-state index contributed by atoms with van der Waals surface area (Å²) in [6, 6.07) is 181. The van der Waals surface area contributed by atoms with Crippen molar-refractivity contribution in [2.45, 2.75) is 6.42 Å². The van der Waals surface area contributed by atoms with Crippen LogP contribution in [0.2, 0.25) is 0 Å². The highest BCUT2D eigenvalue weighted by atomic mass is 16.3. The van der Waals surface area contributed by atoms with Crippen LogP contribution in [-0.2, 0) is 6.42 Å².